The van der Waals surface area contributed by atoms with Crippen LogP contribution in [0, 0.1) is 12.7 Å². The molecule has 0 spiro atoms. The molecule has 3 aromatic carbocycles. The summed E-state index contributed by atoms with van der Waals surface area (Å²) in [6.07, 6.45) is 10.2. The van der Waals surface area contributed by atoms with Crippen molar-refractivity contribution in [1.82, 2.24) is 0 Å². The van der Waals surface area contributed by atoms with E-state index in [4.69, 9.17) is 4.99 Å². The molecule has 32 heavy (non-hydrogen) atoms. The van der Waals surface area contributed by atoms with Crippen LogP contribution in [0.5, 0.6) is 0 Å². The van der Waals surface area contributed by atoms with Gasteiger partial charge in [-0.15, -0.1) is 0 Å². The lowest BCUT2D eigenvalue weighted by Gasteiger charge is -2.11. The maximum atomic E-state index is 13.4. The van der Waals surface area contributed by atoms with Gasteiger partial charge in [-0.2, -0.15) is 0 Å². The number of nitrogens with zero attached hydrogens (tertiary/aromatic N) is 1. The van der Waals surface area contributed by atoms with Crippen molar-refractivity contribution in [2.45, 2.75) is 20.8 Å². The molecule has 0 aliphatic rings. The van der Waals surface area contributed by atoms with Gasteiger partial charge in [0.05, 0.1) is 11.4 Å². The van der Waals surface area contributed by atoms with Crippen LogP contribution in [0.1, 0.15) is 36.1 Å². The van der Waals surface area contributed by atoms with Gasteiger partial charge in [0.25, 0.3) is 0 Å². The highest BCUT2D eigenvalue weighted by molar-refractivity contribution is 6.11. The van der Waals surface area contributed by atoms with Gasteiger partial charge in [0, 0.05) is 11.1 Å². The zero-order valence-electron chi connectivity index (χ0n) is 18.8. The van der Waals surface area contributed by atoms with Gasteiger partial charge in [0.15, 0.2) is 0 Å². The van der Waals surface area contributed by atoms with Crippen molar-refractivity contribution < 1.29 is 4.39 Å². The lowest BCUT2D eigenvalue weighted by Crippen LogP contribution is -1.98. The summed E-state index contributed by atoms with van der Waals surface area (Å²) in [6, 6.07) is 22.7. The van der Waals surface area contributed by atoms with Crippen molar-refractivity contribution >= 4 is 17.0 Å². The average molecular weight is 422 g/mol. The van der Waals surface area contributed by atoms with E-state index in [-0.39, 0.29) is 5.82 Å². The Morgan fingerprint density at radius 1 is 0.875 bits per heavy atom. The first-order chi connectivity index (χ1) is 15.5. The minimum Gasteiger partial charge on any atom is -0.248 e. The van der Waals surface area contributed by atoms with Gasteiger partial charge in [-0.1, -0.05) is 91.0 Å². The smallest absolute Gasteiger partial charge is 0.123 e. The Bertz CT molecular complexity index is 1190. The molecule has 0 atom stereocenters. The van der Waals surface area contributed by atoms with E-state index >= 15 is 0 Å². The quantitative estimate of drug-likeness (QED) is 0.268. The molecular weight excluding hydrogens is 393 g/mol. The number of rotatable bonds is 7. The molecule has 0 radical (unpaired) electrons. The topological polar surface area (TPSA) is 12.4 Å². The second kappa shape index (κ2) is 11.0. The molecule has 2 heteroatoms. The van der Waals surface area contributed by atoms with Crippen LogP contribution in [0.15, 0.2) is 120 Å². The summed E-state index contributed by atoms with van der Waals surface area (Å²) in [5.74, 6) is -0.263. The van der Waals surface area contributed by atoms with Crippen molar-refractivity contribution in [3.8, 4) is 0 Å². The molecule has 0 unspecified atom stereocenters. The van der Waals surface area contributed by atoms with Crippen LogP contribution >= 0.6 is 0 Å². The third-order valence-corrected chi connectivity index (χ3v) is 5.04. The van der Waals surface area contributed by atoms with Crippen LogP contribution in [-0.2, 0) is 0 Å². The third-order valence-electron chi connectivity index (χ3n) is 5.04. The van der Waals surface area contributed by atoms with Gasteiger partial charge in [-0.25, -0.2) is 9.38 Å². The summed E-state index contributed by atoms with van der Waals surface area (Å²) in [4.78, 5) is 5.04. The number of benzene rings is 3. The lowest BCUT2D eigenvalue weighted by atomic mass is 9.98. The molecule has 0 aromatic heterocycles. The summed E-state index contributed by atoms with van der Waals surface area (Å²) in [5.41, 5.74) is 7.61. The Hall–Kier alpha value is -3.78. The van der Waals surface area contributed by atoms with E-state index < -0.39 is 0 Å². The first-order valence-corrected chi connectivity index (χ1v) is 10.7. The molecule has 0 aliphatic carbocycles. The molecule has 0 heterocycles. The number of allylic oxidation sites excluding steroid dienone is 6. The summed E-state index contributed by atoms with van der Waals surface area (Å²) in [6.45, 7) is 10.4. The molecule has 0 bridgehead atoms. The monoisotopic (exact) mass is 421 g/mol. The number of halogens is 1. The predicted molar refractivity (Wildman–Crippen MR) is 136 cm³/mol. The van der Waals surface area contributed by atoms with E-state index in [0.29, 0.717) is 0 Å². The fourth-order valence-electron chi connectivity index (χ4n) is 3.25. The molecular formula is C30H28FN. The number of hydrogen-bond donors (Lipinski definition) is 0. The summed E-state index contributed by atoms with van der Waals surface area (Å²) in [5, 5.41) is 0. The van der Waals surface area contributed by atoms with Gasteiger partial charge in [-0.3, -0.25) is 0 Å². The van der Waals surface area contributed by atoms with Gasteiger partial charge < -0.3 is 0 Å². The highest BCUT2D eigenvalue weighted by atomic mass is 19.1. The van der Waals surface area contributed by atoms with Crippen molar-refractivity contribution in [2.24, 2.45) is 4.99 Å². The first kappa shape index (κ1) is 22.9. The van der Waals surface area contributed by atoms with Gasteiger partial charge in [0.2, 0.25) is 0 Å². The molecule has 3 aromatic rings. The standard InChI is InChI=1S/C30H28FN/c1-5-6-7-10-23(3)21-30(26-15-13-22(2)14-16-26)32-29-12-9-8-11-28(29)24(4)25-17-19-27(31)20-18-25/h5-21H,4H2,1-3H3/b6-5-,10-7-,23-21+,32-30?. The fraction of sp³-hybridized carbons (Fsp3) is 0.100. The zero-order valence-corrected chi connectivity index (χ0v) is 18.8. The lowest BCUT2D eigenvalue weighted by molar-refractivity contribution is 0.627. The van der Waals surface area contributed by atoms with Gasteiger partial charge in [0.1, 0.15) is 5.82 Å². The minimum atomic E-state index is -0.263. The van der Waals surface area contributed by atoms with Crippen LogP contribution in [0.3, 0.4) is 0 Å². The summed E-state index contributed by atoms with van der Waals surface area (Å²) < 4.78 is 13.4. The van der Waals surface area contributed by atoms with E-state index in [0.717, 1.165) is 39.2 Å². The fourth-order valence-corrected chi connectivity index (χ4v) is 3.25. The van der Waals surface area contributed by atoms with Gasteiger partial charge >= 0.3 is 0 Å². The SMILES string of the molecule is C=C(c1ccc(F)cc1)c1ccccc1N=C(/C=C(C)/C=C\C=C/C)c1ccc(C)cc1. The van der Waals surface area contributed by atoms with Crippen LogP contribution < -0.4 is 0 Å². The van der Waals surface area contributed by atoms with E-state index in [2.05, 4.69) is 56.8 Å². The average Bonchev–Trinajstić information content (AvgIpc) is 2.80. The number of para-hydroxylation sites is 1. The first-order valence-electron chi connectivity index (χ1n) is 10.7. The number of aryl methyl sites for hydroxylation is 1. The molecule has 0 amide bonds. The highest BCUT2D eigenvalue weighted by Crippen LogP contribution is 2.31. The molecule has 160 valence electrons. The van der Waals surface area contributed by atoms with E-state index in [1.165, 1.54) is 17.7 Å². The van der Waals surface area contributed by atoms with Crippen molar-refractivity contribution in [1.29, 1.82) is 0 Å². The van der Waals surface area contributed by atoms with Gasteiger partial charge in [-0.05, 0) is 61.8 Å². The largest absolute Gasteiger partial charge is 0.248 e. The normalized spacial score (nSPS) is 12.6. The minimum absolute atomic E-state index is 0.263. The summed E-state index contributed by atoms with van der Waals surface area (Å²) in [7, 11) is 0. The van der Waals surface area contributed by atoms with Crippen molar-refractivity contribution in [3.63, 3.8) is 0 Å². The Morgan fingerprint density at radius 3 is 2.22 bits per heavy atom. The Morgan fingerprint density at radius 2 is 1.53 bits per heavy atom. The van der Waals surface area contributed by atoms with Crippen LogP contribution in [0.25, 0.3) is 5.57 Å². The second-order valence-corrected chi connectivity index (χ2v) is 7.64. The number of hydrogen-bond acceptors (Lipinski definition) is 1. The maximum absolute atomic E-state index is 13.4. The van der Waals surface area contributed by atoms with Crippen molar-refractivity contribution in [3.05, 3.63) is 143 Å². The van der Waals surface area contributed by atoms with E-state index in [1.54, 1.807) is 12.1 Å². The number of aliphatic imine (C=N–C) groups is 1. The van der Waals surface area contributed by atoms with Crippen LogP contribution in [0.2, 0.25) is 0 Å². The summed E-state index contributed by atoms with van der Waals surface area (Å²) >= 11 is 0. The zero-order chi connectivity index (χ0) is 22.9. The van der Waals surface area contributed by atoms with E-state index in [9.17, 15) is 4.39 Å². The molecule has 1 nitrogen and oxygen atoms in total. The van der Waals surface area contributed by atoms with Crippen molar-refractivity contribution in [2.75, 3.05) is 0 Å². The molecule has 0 saturated carbocycles. The van der Waals surface area contributed by atoms with Crippen LogP contribution in [0.4, 0.5) is 10.1 Å². The third kappa shape index (κ3) is 6.12. The highest BCUT2D eigenvalue weighted by Gasteiger charge is 2.09. The van der Waals surface area contributed by atoms with Crippen LogP contribution in [-0.4, -0.2) is 5.71 Å². The Labute approximate surface area is 190 Å². The van der Waals surface area contributed by atoms with E-state index in [1.807, 2.05) is 49.4 Å². The second-order valence-electron chi connectivity index (χ2n) is 7.64. The maximum Gasteiger partial charge on any atom is 0.123 e. The molecule has 0 aliphatic heterocycles. The Balaban J connectivity index is 2.09. The molecule has 0 N–H and O–H groups in total. The Kier molecular flexibility index (Phi) is 7.88. The molecule has 0 saturated heterocycles. The molecule has 3 rings (SSSR count). The molecule has 0 fully saturated rings. The predicted octanol–water partition coefficient (Wildman–Crippen LogP) is 8.40.